The maximum absolute atomic E-state index is 9.24. The monoisotopic (exact) mass is 189 g/mol. The molecule has 0 radical (unpaired) electrons. The van der Waals surface area contributed by atoms with E-state index in [0.29, 0.717) is 0 Å². The Labute approximate surface area is 81.3 Å². The van der Waals surface area contributed by atoms with Crippen LogP contribution in [0.25, 0.3) is 0 Å². The molecule has 0 spiro atoms. The molecule has 0 aliphatic heterocycles. The van der Waals surface area contributed by atoms with Gasteiger partial charge >= 0.3 is 5.97 Å². The molecule has 0 atom stereocenters. The Morgan fingerprint density at radius 1 is 1.08 bits per heavy atom. The summed E-state index contributed by atoms with van der Waals surface area (Å²) in [5.74, 6) is -0.968. The zero-order valence-electron chi connectivity index (χ0n) is 8.88. The fraction of sp³-hybridized carbons (Fsp3) is 0.900. The molecule has 0 aliphatic carbocycles. The second kappa shape index (κ2) is 14.0. The van der Waals surface area contributed by atoms with Gasteiger partial charge in [0.15, 0.2) is 0 Å². The van der Waals surface area contributed by atoms with E-state index in [1.165, 1.54) is 38.5 Å². The van der Waals surface area contributed by atoms with Crippen LogP contribution in [0.15, 0.2) is 0 Å². The molecule has 0 aromatic carbocycles. The van der Waals surface area contributed by atoms with Crippen molar-refractivity contribution in [2.45, 2.75) is 52.4 Å². The number of hydrogen-bond donors (Lipinski definition) is 2. The molecule has 0 saturated carbocycles. The summed E-state index contributed by atoms with van der Waals surface area (Å²) in [6, 6.07) is 0. The van der Waals surface area contributed by atoms with Crippen LogP contribution in [0.4, 0.5) is 0 Å². The summed E-state index contributed by atoms with van der Waals surface area (Å²) in [7, 11) is 0. The second-order valence-electron chi connectivity index (χ2n) is 3.01. The van der Waals surface area contributed by atoms with E-state index in [-0.39, 0.29) is 6.54 Å². The van der Waals surface area contributed by atoms with Gasteiger partial charge in [-0.1, -0.05) is 52.4 Å². The van der Waals surface area contributed by atoms with Crippen LogP contribution in [-0.2, 0) is 4.79 Å². The van der Waals surface area contributed by atoms with E-state index in [0.717, 1.165) is 0 Å². The maximum atomic E-state index is 9.24. The number of unbranched alkanes of at least 4 members (excludes halogenated alkanes) is 5. The third-order valence-electron chi connectivity index (χ3n) is 1.63. The molecule has 0 fully saturated rings. The summed E-state index contributed by atoms with van der Waals surface area (Å²) >= 11 is 0. The molecule has 3 heteroatoms. The maximum Gasteiger partial charge on any atom is 0.317 e. The summed E-state index contributed by atoms with van der Waals surface area (Å²) in [5.41, 5.74) is 4.57. The third kappa shape index (κ3) is 24.6. The first kappa shape index (κ1) is 14.9. The zero-order valence-corrected chi connectivity index (χ0v) is 8.88. The lowest BCUT2D eigenvalue weighted by atomic mass is 10.1. The number of carbonyl (C=O) groups is 1. The van der Waals surface area contributed by atoms with Crippen LogP contribution in [0.5, 0.6) is 0 Å². The number of hydrogen-bond acceptors (Lipinski definition) is 2. The first-order valence-corrected chi connectivity index (χ1v) is 5.10. The molecule has 0 bridgehead atoms. The highest BCUT2D eigenvalue weighted by molar-refractivity contribution is 5.68. The third-order valence-corrected chi connectivity index (χ3v) is 1.63. The Morgan fingerprint density at radius 2 is 1.38 bits per heavy atom. The normalized spacial score (nSPS) is 8.85. The van der Waals surface area contributed by atoms with Gasteiger partial charge in [0, 0.05) is 0 Å². The molecule has 0 aromatic rings. The van der Waals surface area contributed by atoms with Crippen molar-refractivity contribution in [1.82, 2.24) is 0 Å². The number of carboxylic acid groups (broad SMARTS) is 1. The Bertz CT molecular complexity index is 99.1. The van der Waals surface area contributed by atoms with Crippen molar-refractivity contribution in [2.24, 2.45) is 5.73 Å². The minimum atomic E-state index is -0.968. The van der Waals surface area contributed by atoms with Gasteiger partial charge in [-0.05, 0) is 0 Å². The SMILES string of the molecule is CCCCCCCC.NCC(=O)O. The topological polar surface area (TPSA) is 63.3 Å². The van der Waals surface area contributed by atoms with Crippen molar-refractivity contribution in [1.29, 1.82) is 0 Å². The van der Waals surface area contributed by atoms with E-state index < -0.39 is 5.97 Å². The van der Waals surface area contributed by atoms with E-state index in [1.54, 1.807) is 0 Å². The molecular weight excluding hydrogens is 166 g/mol. The van der Waals surface area contributed by atoms with E-state index in [9.17, 15) is 4.79 Å². The van der Waals surface area contributed by atoms with E-state index in [2.05, 4.69) is 19.6 Å². The number of aliphatic carboxylic acids is 1. The lowest BCUT2D eigenvalue weighted by Crippen LogP contribution is -2.10. The van der Waals surface area contributed by atoms with Gasteiger partial charge in [0.2, 0.25) is 0 Å². The minimum absolute atomic E-state index is 0.278. The Balaban J connectivity index is 0. The van der Waals surface area contributed by atoms with Crippen molar-refractivity contribution in [3.8, 4) is 0 Å². The molecule has 0 rings (SSSR count). The van der Waals surface area contributed by atoms with Gasteiger partial charge in [0.1, 0.15) is 0 Å². The average molecular weight is 189 g/mol. The largest absolute Gasteiger partial charge is 0.480 e. The molecule has 3 N–H and O–H groups in total. The molecule has 0 amide bonds. The van der Waals surface area contributed by atoms with Crippen LogP contribution in [0.2, 0.25) is 0 Å². The molecule has 3 nitrogen and oxygen atoms in total. The predicted molar refractivity (Wildman–Crippen MR) is 55.7 cm³/mol. The molecule has 0 unspecified atom stereocenters. The quantitative estimate of drug-likeness (QED) is 0.631. The Kier molecular flexibility index (Phi) is 16.1. The van der Waals surface area contributed by atoms with Crippen molar-refractivity contribution < 1.29 is 9.90 Å². The lowest BCUT2D eigenvalue weighted by Gasteiger charge is -1.93. The molecule has 13 heavy (non-hydrogen) atoms. The number of carboxylic acids is 1. The van der Waals surface area contributed by atoms with Crippen LogP contribution >= 0.6 is 0 Å². The smallest absolute Gasteiger partial charge is 0.317 e. The fourth-order valence-electron chi connectivity index (χ4n) is 0.854. The van der Waals surface area contributed by atoms with E-state index in [1.807, 2.05) is 0 Å². The van der Waals surface area contributed by atoms with Gasteiger partial charge in [0.05, 0.1) is 6.54 Å². The molecular formula is C10H23NO2. The molecule has 0 aliphatic rings. The highest BCUT2D eigenvalue weighted by Crippen LogP contribution is 2.03. The van der Waals surface area contributed by atoms with Crippen molar-refractivity contribution >= 4 is 5.97 Å². The zero-order chi connectivity index (χ0) is 10.5. The number of nitrogens with two attached hydrogens (primary N) is 1. The Morgan fingerprint density at radius 3 is 1.54 bits per heavy atom. The fourth-order valence-corrected chi connectivity index (χ4v) is 0.854. The second-order valence-corrected chi connectivity index (χ2v) is 3.01. The first-order chi connectivity index (χ1) is 6.18. The van der Waals surface area contributed by atoms with Crippen molar-refractivity contribution in [3.05, 3.63) is 0 Å². The highest BCUT2D eigenvalue weighted by Gasteiger charge is 1.83. The summed E-state index contributed by atoms with van der Waals surface area (Å²) in [4.78, 5) is 9.24. The summed E-state index contributed by atoms with van der Waals surface area (Å²) in [6.45, 7) is 4.23. The van der Waals surface area contributed by atoms with Crippen molar-refractivity contribution in [3.63, 3.8) is 0 Å². The van der Waals surface area contributed by atoms with Crippen LogP contribution in [0, 0.1) is 0 Å². The molecule has 80 valence electrons. The minimum Gasteiger partial charge on any atom is -0.480 e. The van der Waals surface area contributed by atoms with E-state index >= 15 is 0 Å². The number of rotatable bonds is 6. The van der Waals surface area contributed by atoms with Crippen molar-refractivity contribution in [2.75, 3.05) is 6.54 Å². The van der Waals surface area contributed by atoms with Gasteiger partial charge in [-0.15, -0.1) is 0 Å². The standard InChI is InChI=1S/C8H18.C2H5NO2/c1-3-5-7-8-6-4-2;3-1-2(4)5/h3-8H2,1-2H3;1,3H2,(H,4,5). The Hall–Kier alpha value is -0.570. The summed E-state index contributed by atoms with van der Waals surface area (Å²) in [5, 5.41) is 7.60. The molecule has 0 heterocycles. The van der Waals surface area contributed by atoms with Crippen LogP contribution in [-0.4, -0.2) is 17.6 Å². The lowest BCUT2D eigenvalue weighted by molar-refractivity contribution is -0.135. The molecule has 0 saturated heterocycles. The molecule has 0 aromatic heterocycles. The van der Waals surface area contributed by atoms with Crippen LogP contribution in [0.3, 0.4) is 0 Å². The van der Waals surface area contributed by atoms with Gasteiger partial charge in [0.25, 0.3) is 0 Å². The average Bonchev–Trinajstić information content (AvgIpc) is 2.14. The van der Waals surface area contributed by atoms with Gasteiger partial charge < -0.3 is 10.8 Å². The van der Waals surface area contributed by atoms with Gasteiger partial charge in [-0.3, -0.25) is 4.79 Å². The van der Waals surface area contributed by atoms with Gasteiger partial charge in [-0.2, -0.15) is 0 Å². The van der Waals surface area contributed by atoms with Crippen LogP contribution in [0.1, 0.15) is 52.4 Å². The highest BCUT2D eigenvalue weighted by atomic mass is 16.4. The first-order valence-electron chi connectivity index (χ1n) is 5.10. The van der Waals surface area contributed by atoms with Crippen LogP contribution < -0.4 is 5.73 Å². The van der Waals surface area contributed by atoms with E-state index in [4.69, 9.17) is 5.11 Å². The summed E-state index contributed by atoms with van der Waals surface area (Å²) in [6.07, 6.45) is 8.49. The summed E-state index contributed by atoms with van der Waals surface area (Å²) < 4.78 is 0. The van der Waals surface area contributed by atoms with Gasteiger partial charge in [-0.25, -0.2) is 0 Å². The predicted octanol–water partition coefficient (Wildman–Crippen LogP) is 2.40.